The van der Waals surface area contributed by atoms with Crippen molar-refractivity contribution in [1.82, 2.24) is 15.1 Å². The third kappa shape index (κ3) is 8.70. The van der Waals surface area contributed by atoms with Crippen molar-refractivity contribution in [3.8, 4) is 6.07 Å². The second kappa shape index (κ2) is 12.7. The normalized spacial score (nSPS) is 17.0. The van der Waals surface area contributed by atoms with Crippen LogP contribution in [-0.4, -0.2) is 63.1 Å². The van der Waals surface area contributed by atoms with E-state index in [9.17, 15) is 19.2 Å². The highest BCUT2D eigenvalue weighted by molar-refractivity contribution is 6.00. The lowest BCUT2D eigenvalue weighted by molar-refractivity contribution is -0.148. The molecule has 1 fully saturated rings. The fourth-order valence-electron chi connectivity index (χ4n) is 4.76. The minimum absolute atomic E-state index is 0.0902. The van der Waals surface area contributed by atoms with Crippen LogP contribution in [0.1, 0.15) is 92.7 Å². The Labute approximate surface area is 238 Å². The first kappa shape index (κ1) is 32.6. The Morgan fingerprint density at radius 1 is 1.00 bits per heavy atom. The number of hydrogen-bond donors (Lipinski definition) is 1. The summed E-state index contributed by atoms with van der Waals surface area (Å²) in [7, 11) is 0. The molecule has 40 heavy (non-hydrogen) atoms. The van der Waals surface area contributed by atoms with Gasteiger partial charge in [0, 0.05) is 13.1 Å². The molecule has 1 saturated heterocycles. The van der Waals surface area contributed by atoms with E-state index >= 15 is 0 Å². The lowest BCUT2D eigenvalue weighted by Crippen LogP contribution is -2.64. The molecular formula is C30H44N4O6. The Morgan fingerprint density at radius 3 is 1.98 bits per heavy atom. The molecule has 0 radical (unpaired) electrons. The summed E-state index contributed by atoms with van der Waals surface area (Å²) in [5.41, 5.74) is -2.20. The first-order chi connectivity index (χ1) is 18.4. The number of nitriles is 1. The Kier molecular flexibility index (Phi) is 10.4. The van der Waals surface area contributed by atoms with E-state index in [2.05, 4.69) is 11.4 Å². The standard InChI is InChI=1S/C30H44N4O6/c1-20(2)17-30(9,34(26(37)39-28(3,4)5)27(38)40-29(6,7)8)25(36)33-16-10-11-23(33)24(35)32-19-22-14-12-21(18-31)13-15-22/h12-15,20,23H,10-11,16-17,19H2,1-9H3,(H,32,35)/t23-,30?/m0/s1. The van der Waals surface area contributed by atoms with Crippen LogP contribution < -0.4 is 5.32 Å². The van der Waals surface area contributed by atoms with Gasteiger partial charge in [-0.1, -0.05) is 26.0 Å². The topological polar surface area (TPSA) is 129 Å². The molecule has 0 spiro atoms. The molecule has 0 saturated carbocycles. The van der Waals surface area contributed by atoms with Gasteiger partial charge in [0.1, 0.15) is 22.8 Å². The second-order valence-corrected chi connectivity index (χ2v) is 12.9. The molecule has 1 N–H and O–H groups in total. The molecule has 4 amide bonds. The molecule has 1 aliphatic heterocycles. The number of rotatable bonds is 7. The molecule has 0 bridgehead atoms. The number of likely N-dealkylation sites (tertiary alicyclic amines) is 1. The predicted octanol–water partition coefficient (Wildman–Crippen LogP) is 5.14. The number of nitrogens with one attached hydrogen (secondary N) is 1. The Hall–Kier alpha value is -3.61. The molecule has 1 aromatic carbocycles. The zero-order valence-corrected chi connectivity index (χ0v) is 25.3. The van der Waals surface area contributed by atoms with Crippen LogP contribution in [0.15, 0.2) is 24.3 Å². The number of carbonyl (C=O) groups is 4. The number of amides is 4. The minimum atomic E-state index is -1.67. The van der Waals surface area contributed by atoms with Crippen LogP contribution in [0, 0.1) is 17.2 Å². The van der Waals surface area contributed by atoms with E-state index in [1.54, 1.807) is 65.8 Å². The van der Waals surface area contributed by atoms with Gasteiger partial charge < -0.3 is 19.7 Å². The van der Waals surface area contributed by atoms with Crippen molar-refractivity contribution in [1.29, 1.82) is 5.26 Å². The molecule has 2 atom stereocenters. The van der Waals surface area contributed by atoms with Crippen molar-refractivity contribution < 1.29 is 28.7 Å². The number of carbonyl (C=O) groups excluding carboxylic acids is 4. The Morgan fingerprint density at radius 2 is 1.52 bits per heavy atom. The predicted molar refractivity (Wildman–Crippen MR) is 150 cm³/mol. The van der Waals surface area contributed by atoms with E-state index < -0.39 is 40.9 Å². The molecular weight excluding hydrogens is 512 g/mol. The number of nitrogens with zero attached hydrogens (tertiary/aromatic N) is 3. The van der Waals surface area contributed by atoms with E-state index in [4.69, 9.17) is 14.7 Å². The van der Waals surface area contributed by atoms with Crippen LogP contribution >= 0.6 is 0 Å². The van der Waals surface area contributed by atoms with Crippen LogP contribution in [0.3, 0.4) is 0 Å². The van der Waals surface area contributed by atoms with Gasteiger partial charge in [-0.15, -0.1) is 0 Å². The van der Waals surface area contributed by atoms with Crippen LogP contribution in [0.2, 0.25) is 0 Å². The summed E-state index contributed by atoms with van der Waals surface area (Å²) in [6.07, 6.45) is -0.794. The van der Waals surface area contributed by atoms with Gasteiger partial charge in [0.25, 0.3) is 0 Å². The van der Waals surface area contributed by atoms with E-state index in [1.165, 1.54) is 11.8 Å². The minimum Gasteiger partial charge on any atom is -0.443 e. The van der Waals surface area contributed by atoms with Crippen LogP contribution in [-0.2, 0) is 25.6 Å². The van der Waals surface area contributed by atoms with Gasteiger partial charge in [0.2, 0.25) is 11.8 Å². The second-order valence-electron chi connectivity index (χ2n) is 12.9. The monoisotopic (exact) mass is 556 g/mol. The largest absolute Gasteiger partial charge is 0.443 e. The highest BCUT2D eigenvalue weighted by Gasteiger charge is 2.53. The zero-order chi connectivity index (χ0) is 30.5. The number of ether oxygens (including phenoxy) is 2. The maximum Gasteiger partial charge on any atom is 0.420 e. The molecule has 10 heteroatoms. The average Bonchev–Trinajstić information content (AvgIpc) is 3.29. The summed E-state index contributed by atoms with van der Waals surface area (Å²) in [5, 5.41) is 11.9. The first-order valence-electron chi connectivity index (χ1n) is 13.7. The van der Waals surface area contributed by atoms with Gasteiger partial charge in [-0.3, -0.25) is 9.59 Å². The van der Waals surface area contributed by atoms with Gasteiger partial charge in [-0.25, -0.2) is 9.59 Å². The van der Waals surface area contributed by atoms with E-state index in [0.717, 1.165) is 10.5 Å². The molecule has 2 rings (SSSR count). The molecule has 1 aliphatic rings. The van der Waals surface area contributed by atoms with E-state index in [0.29, 0.717) is 24.9 Å². The van der Waals surface area contributed by atoms with Gasteiger partial charge in [-0.05, 0) is 91.3 Å². The number of hydrogen-bond acceptors (Lipinski definition) is 7. The lowest BCUT2D eigenvalue weighted by Gasteiger charge is -2.43. The van der Waals surface area contributed by atoms with Crippen LogP contribution in [0.5, 0.6) is 0 Å². The zero-order valence-electron chi connectivity index (χ0n) is 25.3. The summed E-state index contributed by atoms with van der Waals surface area (Å²) in [6.45, 7) is 15.9. The van der Waals surface area contributed by atoms with Crippen molar-refractivity contribution in [2.75, 3.05) is 6.54 Å². The van der Waals surface area contributed by atoms with Gasteiger partial charge >= 0.3 is 12.2 Å². The van der Waals surface area contributed by atoms with Gasteiger partial charge in [0.05, 0.1) is 11.6 Å². The Balaban J connectivity index is 2.40. The molecule has 0 aromatic heterocycles. The summed E-state index contributed by atoms with van der Waals surface area (Å²) in [4.78, 5) is 56.8. The molecule has 10 nitrogen and oxygen atoms in total. The molecule has 0 aliphatic carbocycles. The first-order valence-corrected chi connectivity index (χ1v) is 13.7. The average molecular weight is 557 g/mol. The number of imide groups is 1. The van der Waals surface area contributed by atoms with Gasteiger partial charge in [0.15, 0.2) is 0 Å². The fraction of sp³-hybridized carbons (Fsp3) is 0.633. The van der Waals surface area contributed by atoms with E-state index in [1.807, 2.05) is 13.8 Å². The maximum absolute atomic E-state index is 14.3. The lowest BCUT2D eigenvalue weighted by atomic mass is 9.87. The fourth-order valence-corrected chi connectivity index (χ4v) is 4.76. The van der Waals surface area contributed by atoms with E-state index in [-0.39, 0.29) is 24.8 Å². The van der Waals surface area contributed by atoms with Crippen molar-refractivity contribution in [3.63, 3.8) is 0 Å². The third-order valence-corrected chi connectivity index (χ3v) is 6.28. The molecule has 1 unspecified atom stereocenters. The number of benzene rings is 1. The van der Waals surface area contributed by atoms with Crippen LogP contribution in [0.4, 0.5) is 9.59 Å². The smallest absolute Gasteiger partial charge is 0.420 e. The highest BCUT2D eigenvalue weighted by atomic mass is 16.6. The Bertz CT molecular complexity index is 1100. The summed E-state index contributed by atoms with van der Waals surface area (Å²) >= 11 is 0. The van der Waals surface area contributed by atoms with Gasteiger partial charge in [-0.2, -0.15) is 10.2 Å². The summed E-state index contributed by atoms with van der Waals surface area (Å²) in [6, 6.07) is 8.16. The molecule has 1 heterocycles. The van der Waals surface area contributed by atoms with Crippen LogP contribution in [0.25, 0.3) is 0 Å². The summed E-state index contributed by atoms with van der Waals surface area (Å²) in [5.74, 6) is -0.940. The quantitative estimate of drug-likeness (QED) is 0.492. The SMILES string of the molecule is CC(C)CC(C)(C(=O)N1CCC[C@H]1C(=O)NCc1ccc(C#N)cc1)N(C(=O)OC(C)(C)C)C(=O)OC(C)(C)C. The molecule has 1 aromatic rings. The summed E-state index contributed by atoms with van der Waals surface area (Å²) < 4.78 is 11.1. The third-order valence-electron chi connectivity index (χ3n) is 6.28. The maximum atomic E-state index is 14.3. The molecule has 220 valence electrons. The van der Waals surface area contributed by atoms with Crippen molar-refractivity contribution in [3.05, 3.63) is 35.4 Å². The van der Waals surface area contributed by atoms with Crippen molar-refractivity contribution in [2.45, 2.75) is 111 Å². The highest BCUT2D eigenvalue weighted by Crippen LogP contribution is 2.33. The van der Waals surface area contributed by atoms with Crippen molar-refractivity contribution in [2.24, 2.45) is 5.92 Å². The van der Waals surface area contributed by atoms with Crippen molar-refractivity contribution >= 4 is 24.0 Å².